The number of thiophene rings is 1. The van der Waals surface area contributed by atoms with Crippen molar-refractivity contribution in [3.05, 3.63) is 52.0 Å². The molecule has 0 aliphatic carbocycles. The molecule has 3 rings (SSSR count). The van der Waals surface area contributed by atoms with E-state index >= 15 is 0 Å². The summed E-state index contributed by atoms with van der Waals surface area (Å²) in [4.78, 5) is 30.8. The van der Waals surface area contributed by atoms with Gasteiger partial charge in [0.05, 0.1) is 17.0 Å². The molecule has 1 aromatic carbocycles. The average Bonchev–Trinajstić information content (AvgIpc) is 3.39. The Bertz CT molecular complexity index is 1050. The number of aromatic nitrogens is 2. The highest BCUT2D eigenvalue weighted by atomic mass is 32.1. The van der Waals surface area contributed by atoms with Gasteiger partial charge in [-0.15, -0.1) is 11.3 Å². The standard InChI is InChI=1S/C26H34N2O3S/c1-5-20(6-2)28-23-12-11-18(24(29)15-19(26(30)31)10-9-17(3)4)14-22(23)27-25(28)16-21-8-7-13-32-21/h7-8,11-14,17,19-20H,5-6,9-10,15-16H2,1-4H3,(H,30,31)/t19-/m1/s1. The number of aliphatic carboxylic acids is 1. The molecule has 5 nitrogen and oxygen atoms in total. The monoisotopic (exact) mass is 454 g/mol. The molecular weight excluding hydrogens is 420 g/mol. The van der Waals surface area contributed by atoms with Gasteiger partial charge in [-0.1, -0.05) is 40.2 Å². The molecule has 0 saturated heterocycles. The molecule has 32 heavy (non-hydrogen) atoms. The number of carboxylic acids is 1. The number of imidazole rings is 1. The van der Waals surface area contributed by atoms with Gasteiger partial charge in [-0.05, 0) is 54.8 Å². The van der Waals surface area contributed by atoms with Crippen LogP contribution in [0, 0.1) is 11.8 Å². The van der Waals surface area contributed by atoms with Gasteiger partial charge in [0.25, 0.3) is 0 Å². The molecule has 0 fully saturated rings. The van der Waals surface area contributed by atoms with Gasteiger partial charge in [-0.25, -0.2) is 4.98 Å². The van der Waals surface area contributed by atoms with Crippen LogP contribution in [0.1, 0.15) is 86.9 Å². The van der Waals surface area contributed by atoms with E-state index in [1.54, 1.807) is 11.3 Å². The Hall–Kier alpha value is -2.47. The van der Waals surface area contributed by atoms with E-state index in [0.29, 0.717) is 23.9 Å². The van der Waals surface area contributed by atoms with E-state index in [-0.39, 0.29) is 12.2 Å². The number of carboxylic acid groups (broad SMARTS) is 1. The van der Waals surface area contributed by atoms with Gasteiger partial charge >= 0.3 is 5.97 Å². The van der Waals surface area contributed by atoms with Gasteiger partial charge in [-0.2, -0.15) is 0 Å². The Morgan fingerprint density at radius 3 is 2.47 bits per heavy atom. The summed E-state index contributed by atoms with van der Waals surface area (Å²) in [5.74, 6) is -0.228. The summed E-state index contributed by atoms with van der Waals surface area (Å²) in [6.45, 7) is 8.52. The number of hydrogen-bond donors (Lipinski definition) is 1. The number of hydrogen-bond acceptors (Lipinski definition) is 4. The molecule has 0 spiro atoms. The topological polar surface area (TPSA) is 72.2 Å². The third kappa shape index (κ3) is 5.66. The summed E-state index contributed by atoms with van der Waals surface area (Å²) in [7, 11) is 0. The molecule has 172 valence electrons. The second-order valence-corrected chi connectivity index (χ2v) is 9.99. The van der Waals surface area contributed by atoms with Gasteiger partial charge in [0.1, 0.15) is 5.82 Å². The first-order valence-corrected chi connectivity index (χ1v) is 12.5. The first kappa shape index (κ1) is 24.2. The molecular formula is C26H34N2O3S. The molecule has 6 heteroatoms. The molecule has 0 radical (unpaired) electrons. The molecule has 0 aliphatic rings. The van der Waals surface area contributed by atoms with Crippen LogP contribution < -0.4 is 0 Å². The number of nitrogens with zero attached hydrogens (tertiary/aromatic N) is 2. The van der Waals surface area contributed by atoms with Crippen LogP contribution in [0.4, 0.5) is 0 Å². The normalized spacial score (nSPS) is 12.7. The zero-order chi connectivity index (χ0) is 23.3. The van der Waals surface area contributed by atoms with Gasteiger partial charge in [0, 0.05) is 29.3 Å². The first-order chi connectivity index (χ1) is 15.3. The quantitative estimate of drug-likeness (QED) is 0.307. The number of carbonyl (C=O) groups excluding carboxylic acids is 1. The van der Waals surface area contributed by atoms with Crippen molar-refractivity contribution >= 4 is 34.1 Å². The van der Waals surface area contributed by atoms with Crippen LogP contribution in [0.15, 0.2) is 35.7 Å². The maximum atomic E-state index is 12.9. The second kappa shape index (κ2) is 10.9. The van der Waals surface area contributed by atoms with Crippen LogP contribution in [0.3, 0.4) is 0 Å². The van der Waals surface area contributed by atoms with Crippen LogP contribution in [0.5, 0.6) is 0 Å². The largest absolute Gasteiger partial charge is 0.481 e. The molecule has 0 aliphatic heterocycles. The smallest absolute Gasteiger partial charge is 0.306 e. The predicted octanol–water partition coefficient (Wildman–Crippen LogP) is 6.76. The van der Waals surface area contributed by atoms with Crippen molar-refractivity contribution in [1.82, 2.24) is 9.55 Å². The third-order valence-corrected chi connectivity index (χ3v) is 7.05. The number of rotatable bonds is 12. The fraction of sp³-hybridized carbons (Fsp3) is 0.500. The molecule has 0 unspecified atom stereocenters. The van der Waals surface area contributed by atoms with Crippen molar-refractivity contribution in [3.8, 4) is 0 Å². The maximum absolute atomic E-state index is 12.9. The molecule has 1 N–H and O–H groups in total. The summed E-state index contributed by atoms with van der Waals surface area (Å²) >= 11 is 1.72. The summed E-state index contributed by atoms with van der Waals surface area (Å²) in [5, 5.41) is 11.6. The number of ketones is 1. The summed E-state index contributed by atoms with van der Waals surface area (Å²) in [5.41, 5.74) is 2.39. The van der Waals surface area contributed by atoms with Gasteiger partial charge in [-0.3, -0.25) is 9.59 Å². The SMILES string of the molecule is CCC(CC)n1c(Cc2cccs2)nc2cc(C(=O)C[C@@H](CCC(C)C)C(=O)O)ccc21. The van der Waals surface area contributed by atoms with E-state index in [1.165, 1.54) is 4.88 Å². The lowest BCUT2D eigenvalue weighted by Gasteiger charge is -2.19. The number of fused-ring (bicyclic) bond motifs is 1. The van der Waals surface area contributed by atoms with E-state index in [0.717, 1.165) is 42.5 Å². The number of benzene rings is 1. The lowest BCUT2D eigenvalue weighted by atomic mass is 9.91. The summed E-state index contributed by atoms with van der Waals surface area (Å²) < 4.78 is 2.33. The summed E-state index contributed by atoms with van der Waals surface area (Å²) in [6.07, 6.45) is 4.14. The fourth-order valence-corrected chi connectivity index (χ4v) is 4.97. The number of Topliss-reactive ketones (excluding diaryl/α,β-unsaturated/α-hetero) is 1. The van der Waals surface area contributed by atoms with Crippen LogP contribution in [-0.4, -0.2) is 26.4 Å². The zero-order valence-corrected chi connectivity index (χ0v) is 20.3. The second-order valence-electron chi connectivity index (χ2n) is 8.96. The van der Waals surface area contributed by atoms with Crippen LogP contribution in [0.25, 0.3) is 11.0 Å². The lowest BCUT2D eigenvalue weighted by Crippen LogP contribution is -2.18. The summed E-state index contributed by atoms with van der Waals surface area (Å²) in [6, 6.07) is 10.2. The van der Waals surface area contributed by atoms with E-state index in [1.807, 2.05) is 18.2 Å². The Morgan fingerprint density at radius 1 is 1.12 bits per heavy atom. The molecule has 0 amide bonds. The Morgan fingerprint density at radius 2 is 1.88 bits per heavy atom. The zero-order valence-electron chi connectivity index (χ0n) is 19.5. The van der Waals surface area contributed by atoms with E-state index in [2.05, 4.69) is 49.8 Å². The third-order valence-electron chi connectivity index (χ3n) is 6.18. The van der Waals surface area contributed by atoms with Crippen molar-refractivity contribution in [3.63, 3.8) is 0 Å². The Kier molecular flexibility index (Phi) is 8.24. The van der Waals surface area contributed by atoms with E-state index in [4.69, 9.17) is 4.98 Å². The lowest BCUT2D eigenvalue weighted by molar-refractivity contribution is -0.142. The molecule has 0 saturated carbocycles. The minimum atomic E-state index is -0.892. The number of carbonyl (C=O) groups is 2. The van der Waals surface area contributed by atoms with Gasteiger partial charge in [0.15, 0.2) is 5.78 Å². The van der Waals surface area contributed by atoms with Crippen LogP contribution in [-0.2, 0) is 11.2 Å². The minimum Gasteiger partial charge on any atom is -0.481 e. The predicted molar refractivity (Wildman–Crippen MR) is 131 cm³/mol. The van der Waals surface area contributed by atoms with Crippen molar-refractivity contribution in [1.29, 1.82) is 0 Å². The average molecular weight is 455 g/mol. The first-order valence-electron chi connectivity index (χ1n) is 11.6. The molecule has 2 aromatic heterocycles. The van der Waals surface area contributed by atoms with Crippen molar-refractivity contribution in [2.75, 3.05) is 0 Å². The minimum absolute atomic E-state index is 0.0306. The molecule has 1 atom stereocenters. The highest BCUT2D eigenvalue weighted by molar-refractivity contribution is 7.09. The molecule has 2 heterocycles. The van der Waals surface area contributed by atoms with Gasteiger partial charge < -0.3 is 9.67 Å². The maximum Gasteiger partial charge on any atom is 0.306 e. The Balaban J connectivity index is 1.91. The van der Waals surface area contributed by atoms with Crippen LogP contribution >= 0.6 is 11.3 Å². The Labute approximate surface area is 194 Å². The van der Waals surface area contributed by atoms with Crippen molar-refractivity contribution in [2.45, 2.75) is 72.3 Å². The van der Waals surface area contributed by atoms with Crippen LogP contribution in [0.2, 0.25) is 0 Å². The highest BCUT2D eigenvalue weighted by Gasteiger charge is 2.23. The highest BCUT2D eigenvalue weighted by Crippen LogP contribution is 2.29. The van der Waals surface area contributed by atoms with E-state index < -0.39 is 11.9 Å². The van der Waals surface area contributed by atoms with Crippen molar-refractivity contribution in [2.24, 2.45) is 11.8 Å². The molecule has 0 bridgehead atoms. The van der Waals surface area contributed by atoms with Gasteiger partial charge in [0.2, 0.25) is 0 Å². The van der Waals surface area contributed by atoms with E-state index in [9.17, 15) is 14.7 Å². The fourth-order valence-electron chi connectivity index (χ4n) is 4.27. The van der Waals surface area contributed by atoms with Crippen molar-refractivity contribution < 1.29 is 14.7 Å². The molecule has 3 aromatic rings.